The number of fused-ring (bicyclic) bond motifs is 1. The monoisotopic (exact) mass is 254 g/mol. The number of nitrogens with two attached hydrogens (primary N) is 1. The molecule has 0 aliphatic carbocycles. The van der Waals surface area contributed by atoms with Crippen molar-refractivity contribution in [1.29, 1.82) is 0 Å². The van der Waals surface area contributed by atoms with Crippen molar-refractivity contribution in [1.82, 2.24) is 4.98 Å². The molecule has 90 valence electrons. The normalized spacial score (nSPS) is 13.7. The second-order valence-electron chi connectivity index (χ2n) is 3.62. The van der Waals surface area contributed by atoms with Crippen LogP contribution in [-0.2, 0) is 14.8 Å². The van der Waals surface area contributed by atoms with Crippen molar-refractivity contribution in [3.8, 4) is 0 Å². The number of carboxylic acids is 1. The van der Waals surface area contributed by atoms with Gasteiger partial charge in [-0.05, 0) is 17.5 Å². The highest BCUT2D eigenvalue weighted by Gasteiger charge is 2.32. The summed E-state index contributed by atoms with van der Waals surface area (Å²) in [5.74, 6) is -1.50. The zero-order chi connectivity index (χ0) is 12.6. The van der Waals surface area contributed by atoms with Crippen LogP contribution in [0.1, 0.15) is 10.9 Å². The van der Waals surface area contributed by atoms with Gasteiger partial charge in [-0.3, -0.25) is 4.79 Å². The first-order chi connectivity index (χ1) is 7.89. The second-order valence-corrected chi connectivity index (χ2v) is 5.27. The van der Waals surface area contributed by atoms with Gasteiger partial charge < -0.3 is 10.1 Å². The summed E-state index contributed by atoms with van der Waals surface area (Å²) in [4.78, 5) is 13.7. The van der Waals surface area contributed by atoms with E-state index in [1.54, 1.807) is 24.3 Å². The minimum Gasteiger partial charge on any atom is -0.480 e. The number of primary sulfonamides is 1. The van der Waals surface area contributed by atoms with Gasteiger partial charge in [-0.2, -0.15) is 0 Å². The van der Waals surface area contributed by atoms with E-state index < -0.39 is 21.2 Å². The van der Waals surface area contributed by atoms with Crippen LogP contribution in [-0.4, -0.2) is 24.5 Å². The Morgan fingerprint density at radius 2 is 2.00 bits per heavy atom. The summed E-state index contributed by atoms with van der Waals surface area (Å²) in [7, 11) is -4.20. The molecule has 1 unspecified atom stereocenters. The summed E-state index contributed by atoms with van der Waals surface area (Å²) >= 11 is 0. The Balaban J connectivity index is 2.61. The van der Waals surface area contributed by atoms with Gasteiger partial charge in [0.2, 0.25) is 15.3 Å². The number of hydrogen-bond donors (Lipinski definition) is 3. The van der Waals surface area contributed by atoms with Crippen molar-refractivity contribution in [2.24, 2.45) is 5.14 Å². The summed E-state index contributed by atoms with van der Waals surface area (Å²) in [6.45, 7) is 0. The van der Waals surface area contributed by atoms with E-state index in [4.69, 9.17) is 10.2 Å². The van der Waals surface area contributed by atoms with E-state index in [1.165, 1.54) is 6.07 Å². The predicted molar refractivity (Wildman–Crippen MR) is 61.8 cm³/mol. The molecule has 0 saturated carbocycles. The molecule has 0 amide bonds. The van der Waals surface area contributed by atoms with E-state index in [-0.39, 0.29) is 5.69 Å². The van der Waals surface area contributed by atoms with Crippen molar-refractivity contribution < 1.29 is 18.3 Å². The molecular weight excluding hydrogens is 244 g/mol. The van der Waals surface area contributed by atoms with Gasteiger partial charge in [0.1, 0.15) is 0 Å². The van der Waals surface area contributed by atoms with Crippen LogP contribution in [0.25, 0.3) is 10.9 Å². The van der Waals surface area contributed by atoms with Crippen LogP contribution in [0.5, 0.6) is 0 Å². The van der Waals surface area contributed by atoms with Crippen LogP contribution >= 0.6 is 0 Å². The van der Waals surface area contributed by atoms with Crippen molar-refractivity contribution >= 4 is 26.9 Å². The van der Waals surface area contributed by atoms with Crippen LogP contribution in [0, 0.1) is 0 Å². The topological polar surface area (TPSA) is 113 Å². The molecule has 2 rings (SSSR count). The lowest BCUT2D eigenvalue weighted by Crippen LogP contribution is -2.28. The van der Waals surface area contributed by atoms with Crippen LogP contribution in [0.4, 0.5) is 0 Å². The molecule has 1 aromatic carbocycles. The van der Waals surface area contributed by atoms with Crippen LogP contribution in [0.15, 0.2) is 30.3 Å². The van der Waals surface area contributed by atoms with Gasteiger partial charge in [0.25, 0.3) is 0 Å². The first-order valence-corrected chi connectivity index (χ1v) is 6.32. The molecule has 1 aromatic heterocycles. The number of carbonyl (C=O) groups is 1. The van der Waals surface area contributed by atoms with Gasteiger partial charge in [0.05, 0.1) is 0 Å². The molecule has 7 heteroatoms. The number of hydrogen-bond acceptors (Lipinski definition) is 3. The Labute approximate surface area is 97.1 Å². The van der Waals surface area contributed by atoms with Crippen molar-refractivity contribution in [3.63, 3.8) is 0 Å². The van der Waals surface area contributed by atoms with E-state index in [2.05, 4.69) is 4.98 Å². The first kappa shape index (κ1) is 11.6. The van der Waals surface area contributed by atoms with Gasteiger partial charge in [0.15, 0.2) is 0 Å². The maximum Gasteiger partial charge on any atom is 0.329 e. The molecule has 0 saturated heterocycles. The van der Waals surface area contributed by atoms with Crippen molar-refractivity contribution in [2.45, 2.75) is 5.25 Å². The van der Waals surface area contributed by atoms with Crippen LogP contribution < -0.4 is 5.14 Å². The number of H-pyrrole nitrogens is 1. The summed E-state index contributed by atoms with van der Waals surface area (Å²) in [6, 6.07) is 8.47. The number of para-hydroxylation sites is 1. The zero-order valence-corrected chi connectivity index (χ0v) is 9.44. The third kappa shape index (κ3) is 2.15. The standard InChI is InChI=1S/C10H10N2O4S/c11-17(15,16)9(10(13)14)8-5-6-3-1-2-4-7(6)12-8/h1-5,9,12H,(H,13,14)(H2,11,15,16). The summed E-state index contributed by atoms with van der Waals surface area (Å²) in [5.41, 5.74) is 0.721. The second kappa shape index (κ2) is 3.86. The minimum absolute atomic E-state index is 0.0567. The third-order valence-corrected chi connectivity index (χ3v) is 3.50. The number of aliphatic carboxylic acids is 1. The lowest BCUT2D eigenvalue weighted by molar-refractivity contribution is -0.136. The van der Waals surface area contributed by atoms with Crippen LogP contribution in [0.2, 0.25) is 0 Å². The van der Waals surface area contributed by atoms with Gasteiger partial charge in [-0.1, -0.05) is 18.2 Å². The fourth-order valence-corrected chi connectivity index (χ4v) is 2.45. The first-order valence-electron chi connectivity index (χ1n) is 4.71. The molecular formula is C10H10N2O4S. The van der Waals surface area contributed by atoms with Gasteiger partial charge in [-0.15, -0.1) is 0 Å². The summed E-state index contributed by atoms with van der Waals surface area (Å²) in [6.07, 6.45) is 0. The maximum absolute atomic E-state index is 11.2. The molecule has 0 aliphatic rings. The Morgan fingerprint density at radius 1 is 1.35 bits per heavy atom. The van der Waals surface area contributed by atoms with Gasteiger partial charge >= 0.3 is 5.97 Å². The summed E-state index contributed by atoms with van der Waals surface area (Å²) in [5, 5.41) is 12.8. The molecule has 0 bridgehead atoms. The highest BCUT2D eigenvalue weighted by molar-refractivity contribution is 7.90. The zero-order valence-electron chi connectivity index (χ0n) is 8.62. The average molecular weight is 254 g/mol. The quantitative estimate of drug-likeness (QED) is 0.743. The lowest BCUT2D eigenvalue weighted by Gasteiger charge is -2.07. The molecule has 0 aliphatic heterocycles. The Hall–Kier alpha value is -1.86. The number of rotatable bonds is 3. The lowest BCUT2D eigenvalue weighted by atomic mass is 10.2. The molecule has 2 aromatic rings. The predicted octanol–water partition coefficient (Wildman–Crippen LogP) is 0.582. The molecule has 0 spiro atoms. The van der Waals surface area contributed by atoms with Gasteiger partial charge in [-0.25, -0.2) is 13.6 Å². The number of carboxylic acid groups (broad SMARTS) is 1. The van der Waals surface area contributed by atoms with E-state index >= 15 is 0 Å². The number of benzene rings is 1. The number of aromatic amines is 1. The molecule has 1 atom stereocenters. The molecule has 17 heavy (non-hydrogen) atoms. The average Bonchev–Trinajstić information content (AvgIpc) is 2.56. The largest absolute Gasteiger partial charge is 0.480 e. The smallest absolute Gasteiger partial charge is 0.329 e. The Bertz CT molecular complexity index is 641. The minimum atomic E-state index is -4.20. The number of nitrogens with one attached hydrogen (secondary N) is 1. The number of aromatic nitrogens is 1. The molecule has 1 heterocycles. The molecule has 6 nitrogen and oxygen atoms in total. The maximum atomic E-state index is 11.2. The van der Waals surface area contributed by atoms with E-state index in [9.17, 15) is 13.2 Å². The molecule has 4 N–H and O–H groups in total. The fraction of sp³-hybridized carbons (Fsp3) is 0.100. The van der Waals surface area contributed by atoms with E-state index in [1.807, 2.05) is 0 Å². The summed E-state index contributed by atoms with van der Waals surface area (Å²) < 4.78 is 22.5. The Morgan fingerprint density at radius 3 is 2.53 bits per heavy atom. The van der Waals surface area contributed by atoms with Gasteiger partial charge in [0, 0.05) is 11.2 Å². The Kier molecular flexibility index (Phi) is 2.64. The third-order valence-electron chi connectivity index (χ3n) is 2.39. The van der Waals surface area contributed by atoms with E-state index in [0.717, 1.165) is 5.39 Å². The van der Waals surface area contributed by atoms with Crippen LogP contribution in [0.3, 0.4) is 0 Å². The SMILES string of the molecule is NS(=O)(=O)C(C(=O)O)c1cc2ccccc2[nH]1. The highest BCUT2D eigenvalue weighted by atomic mass is 32.2. The van der Waals surface area contributed by atoms with Crippen molar-refractivity contribution in [3.05, 3.63) is 36.0 Å². The number of sulfonamides is 1. The molecule has 0 radical (unpaired) electrons. The van der Waals surface area contributed by atoms with E-state index in [0.29, 0.717) is 5.52 Å². The van der Waals surface area contributed by atoms with Crippen molar-refractivity contribution in [2.75, 3.05) is 0 Å². The highest BCUT2D eigenvalue weighted by Crippen LogP contribution is 2.24. The molecule has 0 fully saturated rings. The fourth-order valence-electron chi connectivity index (χ4n) is 1.69.